The molecule has 0 N–H and O–H groups in total. The summed E-state index contributed by atoms with van der Waals surface area (Å²) < 4.78 is 12.5. The van der Waals surface area contributed by atoms with Crippen molar-refractivity contribution < 1.29 is 8.83 Å². The Balaban J connectivity index is 1.26. The number of nitrogens with zero attached hydrogens (tertiary/aromatic N) is 1. The molecular weight excluding hydrogens is 478 g/mol. The monoisotopic (exact) mass is 501 g/mol. The lowest BCUT2D eigenvalue weighted by Crippen LogP contribution is -2.10. The molecule has 3 heteroatoms. The first kappa shape index (κ1) is 21.8. The van der Waals surface area contributed by atoms with Gasteiger partial charge < -0.3 is 13.7 Å². The van der Waals surface area contributed by atoms with Crippen molar-refractivity contribution in [3.05, 3.63) is 140 Å². The molecular formula is C36H23NO2. The van der Waals surface area contributed by atoms with E-state index in [0.717, 1.165) is 72.1 Å². The SMILES string of the molecule is c1ccc(N(c2ccc(-c3ccc4oc5ccccc5c4c3)cc2)c2cccc3c2oc2ccccc23)cc1. The average molecular weight is 502 g/mol. The lowest BCUT2D eigenvalue weighted by atomic mass is 10.0. The maximum atomic E-state index is 6.42. The van der Waals surface area contributed by atoms with Crippen LogP contribution in [-0.4, -0.2) is 0 Å². The molecule has 3 nitrogen and oxygen atoms in total. The molecule has 0 saturated heterocycles. The Morgan fingerprint density at radius 3 is 1.77 bits per heavy atom. The summed E-state index contributed by atoms with van der Waals surface area (Å²) in [6.07, 6.45) is 0. The van der Waals surface area contributed by atoms with Crippen molar-refractivity contribution in [1.82, 2.24) is 0 Å². The maximum Gasteiger partial charge on any atom is 0.159 e. The van der Waals surface area contributed by atoms with E-state index in [-0.39, 0.29) is 0 Å². The summed E-state index contributed by atoms with van der Waals surface area (Å²) in [4.78, 5) is 2.27. The summed E-state index contributed by atoms with van der Waals surface area (Å²) in [7, 11) is 0. The number of benzene rings is 6. The second-order valence-electron chi connectivity index (χ2n) is 9.78. The van der Waals surface area contributed by atoms with E-state index >= 15 is 0 Å². The summed E-state index contributed by atoms with van der Waals surface area (Å²) in [5.74, 6) is 0. The van der Waals surface area contributed by atoms with Crippen molar-refractivity contribution in [3.63, 3.8) is 0 Å². The summed E-state index contributed by atoms with van der Waals surface area (Å²) in [5.41, 5.74) is 9.05. The highest BCUT2D eigenvalue weighted by molar-refractivity contribution is 6.10. The molecule has 0 aliphatic rings. The third-order valence-electron chi connectivity index (χ3n) is 7.47. The number of hydrogen-bond donors (Lipinski definition) is 0. The van der Waals surface area contributed by atoms with Crippen LogP contribution in [0.3, 0.4) is 0 Å². The van der Waals surface area contributed by atoms with Crippen LogP contribution in [0.1, 0.15) is 0 Å². The normalized spacial score (nSPS) is 11.6. The van der Waals surface area contributed by atoms with E-state index in [9.17, 15) is 0 Å². The van der Waals surface area contributed by atoms with Crippen LogP contribution in [0.2, 0.25) is 0 Å². The quantitative estimate of drug-likeness (QED) is 0.240. The Morgan fingerprint density at radius 2 is 0.974 bits per heavy atom. The van der Waals surface area contributed by atoms with Crippen molar-refractivity contribution in [2.24, 2.45) is 0 Å². The number of hydrogen-bond acceptors (Lipinski definition) is 3. The molecule has 184 valence electrons. The molecule has 8 rings (SSSR count). The van der Waals surface area contributed by atoms with Crippen LogP contribution in [-0.2, 0) is 0 Å². The van der Waals surface area contributed by atoms with Gasteiger partial charge in [0.1, 0.15) is 16.7 Å². The van der Waals surface area contributed by atoms with Gasteiger partial charge in [0.15, 0.2) is 5.58 Å². The standard InChI is InChI=1S/C36H23NO2/c1-2-9-26(10-3-1)37(32-14-8-13-30-28-11-4-7-16-34(28)39-36(30)32)27-20-17-24(18-21-27)25-19-22-35-31(23-25)29-12-5-6-15-33(29)38-35/h1-23H. The van der Waals surface area contributed by atoms with Gasteiger partial charge in [-0.3, -0.25) is 0 Å². The molecule has 0 atom stereocenters. The van der Waals surface area contributed by atoms with Gasteiger partial charge in [-0.1, -0.05) is 84.9 Å². The topological polar surface area (TPSA) is 29.5 Å². The van der Waals surface area contributed by atoms with Gasteiger partial charge >= 0.3 is 0 Å². The van der Waals surface area contributed by atoms with E-state index in [1.807, 2.05) is 30.3 Å². The molecule has 0 bridgehead atoms. The molecule has 0 aliphatic heterocycles. The molecule has 0 fully saturated rings. The summed E-state index contributed by atoms with van der Waals surface area (Å²) >= 11 is 0. The van der Waals surface area contributed by atoms with E-state index in [1.165, 1.54) is 0 Å². The van der Waals surface area contributed by atoms with Crippen molar-refractivity contribution in [2.45, 2.75) is 0 Å². The third-order valence-corrected chi connectivity index (χ3v) is 7.47. The fraction of sp³-hybridized carbons (Fsp3) is 0. The van der Waals surface area contributed by atoms with Crippen LogP contribution >= 0.6 is 0 Å². The van der Waals surface area contributed by atoms with E-state index in [4.69, 9.17) is 8.83 Å². The largest absolute Gasteiger partial charge is 0.456 e. The number of anilines is 3. The number of furan rings is 2. The van der Waals surface area contributed by atoms with E-state index < -0.39 is 0 Å². The minimum atomic E-state index is 0.879. The van der Waals surface area contributed by atoms with Gasteiger partial charge in [0, 0.05) is 32.9 Å². The molecule has 0 unspecified atom stereocenters. The van der Waals surface area contributed by atoms with Crippen LogP contribution < -0.4 is 4.90 Å². The lowest BCUT2D eigenvalue weighted by Gasteiger charge is -2.25. The highest BCUT2D eigenvalue weighted by Crippen LogP contribution is 2.42. The van der Waals surface area contributed by atoms with Crippen LogP contribution in [0.25, 0.3) is 55.0 Å². The van der Waals surface area contributed by atoms with Gasteiger partial charge in [-0.15, -0.1) is 0 Å². The molecule has 0 radical (unpaired) electrons. The van der Waals surface area contributed by atoms with Gasteiger partial charge in [-0.05, 0) is 65.7 Å². The predicted molar refractivity (Wildman–Crippen MR) is 161 cm³/mol. The molecule has 8 aromatic rings. The Morgan fingerprint density at radius 1 is 0.385 bits per heavy atom. The van der Waals surface area contributed by atoms with E-state index in [1.54, 1.807) is 0 Å². The molecule has 0 spiro atoms. The fourth-order valence-electron chi connectivity index (χ4n) is 5.62. The zero-order valence-electron chi connectivity index (χ0n) is 21.0. The van der Waals surface area contributed by atoms with Gasteiger partial charge in [-0.25, -0.2) is 0 Å². The second-order valence-corrected chi connectivity index (χ2v) is 9.78. The first-order valence-electron chi connectivity index (χ1n) is 13.1. The minimum Gasteiger partial charge on any atom is -0.456 e. The van der Waals surface area contributed by atoms with Crippen LogP contribution in [0, 0.1) is 0 Å². The van der Waals surface area contributed by atoms with Crippen molar-refractivity contribution in [3.8, 4) is 11.1 Å². The molecule has 6 aromatic carbocycles. The van der Waals surface area contributed by atoms with Crippen LogP contribution in [0.4, 0.5) is 17.1 Å². The zero-order chi connectivity index (χ0) is 25.8. The van der Waals surface area contributed by atoms with Crippen molar-refractivity contribution in [2.75, 3.05) is 4.90 Å². The molecule has 2 aromatic heterocycles. The van der Waals surface area contributed by atoms with Gasteiger partial charge in [0.05, 0.1) is 5.69 Å². The second kappa shape index (κ2) is 8.64. The number of rotatable bonds is 4. The highest BCUT2D eigenvalue weighted by Gasteiger charge is 2.19. The molecule has 0 aliphatic carbocycles. The summed E-state index contributed by atoms with van der Waals surface area (Å²) in [5, 5.41) is 4.51. The van der Waals surface area contributed by atoms with E-state index in [0.29, 0.717) is 0 Å². The molecule has 39 heavy (non-hydrogen) atoms. The smallest absolute Gasteiger partial charge is 0.159 e. The van der Waals surface area contributed by atoms with Crippen molar-refractivity contribution in [1.29, 1.82) is 0 Å². The summed E-state index contributed by atoms with van der Waals surface area (Å²) in [6, 6.07) is 48.4. The minimum absolute atomic E-state index is 0.879. The lowest BCUT2D eigenvalue weighted by molar-refractivity contribution is 0.668. The van der Waals surface area contributed by atoms with Gasteiger partial charge in [-0.2, -0.15) is 0 Å². The molecule has 0 saturated carbocycles. The molecule has 2 heterocycles. The van der Waals surface area contributed by atoms with Crippen LogP contribution in [0.15, 0.2) is 148 Å². The van der Waals surface area contributed by atoms with Crippen molar-refractivity contribution >= 4 is 60.9 Å². The Kier molecular flexibility index (Phi) is 4.82. The first-order chi connectivity index (χ1) is 19.3. The predicted octanol–water partition coefficient (Wildman–Crippen LogP) is 10.6. The highest BCUT2D eigenvalue weighted by atomic mass is 16.3. The maximum absolute atomic E-state index is 6.42. The third kappa shape index (κ3) is 3.52. The Hall–Kier alpha value is -5.28. The van der Waals surface area contributed by atoms with Gasteiger partial charge in [0.2, 0.25) is 0 Å². The number of para-hydroxylation sites is 4. The molecule has 0 amide bonds. The first-order valence-corrected chi connectivity index (χ1v) is 13.1. The zero-order valence-corrected chi connectivity index (χ0v) is 21.0. The van der Waals surface area contributed by atoms with E-state index in [2.05, 4.69) is 114 Å². The van der Waals surface area contributed by atoms with Gasteiger partial charge in [0.25, 0.3) is 0 Å². The van der Waals surface area contributed by atoms with Crippen LogP contribution in [0.5, 0.6) is 0 Å². The Bertz CT molecular complexity index is 2120. The number of fused-ring (bicyclic) bond motifs is 6. The summed E-state index contributed by atoms with van der Waals surface area (Å²) in [6.45, 7) is 0. The average Bonchev–Trinajstić information content (AvgIpc) is 3.57. The fourth-order valence-corrected chi connectivity index (χ4v) is 5.62. The Labute approximate surface area is 225 Å².